The molecule has 0 aliphatic heterocycles. The fourth-order valence-electron chi connectivity index (χ4n) is 3.84. The summed E-state index contributed by atoms with van der Waals surface area (Å²) in [5.41, 5.74) is 0. The minimum absolute atomic E-state index is 0.169. The van der Waals surface area contributed by atoms with Crippen LogP contribution in [0.25, 0.3) is 0 Å². The normalized spacial score (nSPS) is 12.2. The Labute approximate surface area is 189 Å². The van der Waals surface area contributed by atoms with Crippen LogP contribution in [0.15, 0.2) is 91.0 Å². The van der Waals surface area contributed by atoms with Gasteiger partial charge in [-0.05, 0) is 42.3 Å². The molecule has 0 saturated heterocycles. The maximum atomic E-state index is 12.4. The van der Waals surface area contributed by atoms with Crippen molar-refractivity contribution in [1.82, 2.24) is 5.32 Å². The molecule has 0 heterocycles. The van der Waals surface area contributed by atoms with E-state index in [4.69, 9.17) is 4.74 Å². The van der Waals surface area contributed by atoms with Crippen molar-refractivity contribution in [3.05, 3.63) is 91.0 Å². The Hall–Kier alpha value is -3.17. The fraction of sp³-hybridized carbons (Fsp3) is 0.231. The molecule has 6 heteroatoms. The number of ether oxygens (including phenoxy) is 1. The minimum Gasteiger partial charge on any atom is -0.480 e. The molecule has 0 aliphatic carbocycles. The van der Waals surface area contributed by atoms with Gasteiger partial charge >= 0.3 is 12.1 Å². The molecule has 5 nitrogen and oxygen atoms in total. The van der Waals surface area contributed by atoms with Crippen LogP contribution >= 0.6 is 7.26 Å². The molecule has 1 atom stereocenters. The van der Waals surface area contributed by atoms with Crippen LogP contribution in [0.5, 0.6) is 0 Å². The molecule has 3 aromatic rings. The maximum Gasteiger partial charge on any atom is 0.407 e. The van der Waals surface area contributed by atoms with E-state index in [0.29, 0.717) is 6.16 Å². The number of benzene rings is 3. The fourth-order valence-corrected chi connectivity index (χ4v) is 7.92. The monoisotopic (exact) mass is 450 g/mol. The van der Waals surface area contributed by atoms with Crippen LogP contribution in [-0.4, -0.2) is 36.0 Å². The van der Waals surface area contributed by atoms with E-state index < -0.39 is 25.4 Å². The number of carbonyl (C=O) groups is 2. The Bertz CT molecular complexity index is 913. The van der Waals surface area contributed by atoms with Crippen LogP contribution in [0.1, 0.15) is 13.8 Å². The topological polar surface area (TPSA) is 75.6 Å². The Morgan fingerprint density at radius 1 is 0.812 bits per heavy atom. The summed E-state index contributed by atoms with van der Waals surface area (Å²) < 4.78 is 5.51. The van der Waals surface area contributed by atoms with Crippen LogP contribution in [0.4, 0.5) is 4.79 Å². The first-order chi connectivity index (χ1) is 15.4. The summed E-state index contributed by atoms with van der Waals surface area (Å²) in [7, 11) is -2.10. The van der Waals surface area contributed by atoms with Crippen molar-refractivity contribution in [3.63, 3.8) is 0 Å². The summed E-state index contributed by atoms with van der Waals surface area (Å²) in [5.74, 6) is -1.32. The summed E-state index contributed by atoms with van der Waals surface area (Å²) in [4.78, 5) is 23.8. The first kappa shape index (κ1) is 23.5. The van der Waals surface area contributed by atoms with Crippen molar-refractivity contribution in [2.75, 3.05) is 12.8 Å². The number of nitrogens with one attached hydrogen (secondary N) is 1. The van der Waals surface area contributed by atoms with Gasteiger partial charge in [-0.25, -0.2) is 9.59 Å². The molecule has 1 unspecified atom stereocenters. The second-order valence-corrected chi connectivity index (χ2v) is 11.5. The summed E-state index contributed by atoms with van der Waals surface area (Å²) in [6, 6.07) is 30.0. The van der Waals surface area contributed by atoms with E-state index in [2.05, 4.69) is 41.7 Å². The first-order valence-corrected chi connectivity index (χ1v) is 12.6. The van der Waals surface area contributed by atoms with Crippen LogP contribution in [0.2, 0.25) is 0 Å². The van der Waals surface area contributed by atoms with Crippen molar-refractivity contribution < 1.29 is 19.4 Å². The van der Waals surface area contributed by atoms with Gasteiger partial charge in [0.1, 0.15) is 42.0 Å². The number of rotatable bonds is 9. The summed E-state index contributed by atoms with van der Waals surface area (Å²) in [6.45, 7) is 3.66. The molecule has 1 amide bonds. The lowest BCUT2D eigenvalue weighted by molar-refractivity contribution is -0.140. The molecular formula is C26H29NO4P+. The number of hydrogen-bond acceptors (Lipinski definition) is 3. The Morgan fingerprint density at radius 3 is 1.56 bits per heavy atom. The molecule has 3 aromatic carbocycles. The molecule has 166 valence electrons. The van der Waals surface area contributed by atoms with E-state index in [1.165, 1.54) is 15.9 Å². The van der Waals surface area contributed by atoms with Crippen LogP contribution in [-0.2, 0) is 9.53 Å². The zero-order chi connectivity index (χ0) is 23.0. The molecule has 0 saturated carbocycles. The highest BCUT2D eigenvalue weighted by molar-refractivity contribution is 7.95. The van der Waals surface area contributed by atoms with Gasteiger partial charge in [-0.3, -0.25) is 0 Å². The molecule has 2 N–H and O–H groups in total. The lowest BCUT2D eigenvalue weighted by Crippen LogP contribution is -2.45. The molecule has 0 fully saturated rings. The number of carboxylic acid groups (broad SMARTS) is 1. The van der Waals surface area contributed by atoms with Gasteiger partial charge in [-0.15, -0.1) is 0 Å². The standard InChI is InChI=1S/C26H28NO4P/c1-20(2)24(25(28)29)27-26(30)31-18-19-32(21-12-6-3-7-13-21,22-14-8-4-9-15-22)23-16-10-5-11-17-23/h3-17,20,24H,18-19H2,1-2H3,(H-,27,28,29,30)/p+1. The zero-order valence-electron chi connectivity index (χ0n) is 18.3. The van der Waals surface area contributed by atoms with Crippen molar-refractivity contribution in [2.24, 2.45) is 5.92 Å². The quantitative estimate of drug-likeness (QED) is 0.486. The molecule has 0 spiro atoms. The number of hydrogen-bond donors (Lipinski definition) is 2. The van der Waals surface area contributed by atoms with Crippen molar-refractivity contribution in [2.45, 2.75) is 19.9 Å². The van der Waals surface area contributed by atoms with Gasteiger partial charge in [0.05, 0.1) is 0 Å². The second-order valence-electron chi connectivity index (χ2n) is 7.88. The van der Waals surface area contributed by atoms with Gasteiger partial charge in [-0.2, -0.15) is 0 Å². The Morgan fingerprint density at radius 2 is 1.22 bits per heavy atom. The van der Waals surface area contributed by atoms with Gasteiger partial charge in [0.15, 0.2) is 0 Å². The van der Waals surface area contributed by atoms with E-state index >= 15 is 0 Å². The average molecular weight is 450 g/mol. The average Bonchev–Trinajstić information content (AvgIpc) is 2.82. The number of alkyl carbamates (subject to hydrolysis) is 1. The molecule has 0 aromatic heterocycles. The predicted octanol–water partition coefficient (Wildman–Crippen LogP) is 3.82. The largest absolute Gasteiger partial charge is 0.480 e. The number of amides is 1. The Balaban J connectivity index is 1.92. The molecule has 0 bridgehead atoms. The third-order valence-corrected chi connectivity index (χ3v) is 9.85. The van der Waals surface area contributed by atoms with Crippen LogP contribution in [0.3, 0.4) is 0 Å². The lowest BCUT2D eigenvalue weighted by atomic mass is 10.1. The van der Waals surface area contributed by atoms with E-state index in [-0.39, 0.29) is 12.5 Å². The molecule has 32 heavy (non-hydrogen) atoms. The molecular weight excluding hydrogens is 421 g/mol. The number of aliphatic carboxylic acids is 1. The highest BCUT2D eigenvalue weighted by Gasteiger charge is 2.45. The van der Waals surface area contributed by atoms with Gasteiger partial charge in [0.2, 0.25) is 0 Å². The SMILES string of the molecule is CC(C)C(NC(=O)OCC[P+](c1ccccc1)(c1ccccc1)c1ccccc1)C(=O)O. The summed E-state index contributed by atoms with van der Waals surface area (Å²) in [6.07, 6.45) is -0.101. The smallest absolute Gasteiger partial charge is 0.407 e. The van der Waals surface area contributed by atoms with Gasteiger partial charge in [0, 0.05) is 0 Å². The Kier molecular flexibility index (Phi) is 8.02. The van der Waals surface area contributed by atoms with Crippen molar-refractivity contribution >= 4 is 35.2 Å². The highest BCUT2D eigenvalue weighted by atomic mass is 31.2. The van der Waals surface area contributed by atoms with Gasteiger partial charge in [0.25, 0.3) is 0 Å². The van der Waals surface area contributed by atoms with E-state index in [1.54, 1.807) is 13.8 Å². The van der Waals surface area contributed by atoms with E-state index in [0.717, 1.165) is 0 Å². The van der Waals surface area contributed by atoms with E-state index in [1.807, 2.05) is 54.6 Å². The van der Waals surface area contributed by atoms with Crippen molar-refractivity contribution in [1.29, 1.82) is 0 Å². The predicted molar refractivity (Wildman–Crippen MR) is 131 cm³/mol. The van der Waals surface area contributed by atoms with Gasteiger partial charge in [-0.1, -0.05) is 68.4 Å². The lowest BCUT2D eigenvalue weighted by Gasteiger charge is -2.27. The minimum atomic E-state index is -2.10. The van der Waals surface area contributed by atoms with E-state index in [9.17, 15) is 14.7 Å². The molecule has 3 rings (SSSR count). The van der Waals surface area contributed by atoms with Crippen LogP contribution < -0.4 is 21.2 Å². The summed E-state index contributed by atoms with van der Waals surface area (Å²) >= 11 is 0. The third-order valence-electron chi connectivity index (χ3n) is 5.46. The molecule has 0 aliphatic rings. The molecule has 0 radical (unpaired) electrons. The first-order valence-electron chi connectivity index (χ1n) is 10.7. The van der Waals surface area contributed by atoms with Gasteiger partial charge < -0.3 is 15.2 Å². The van der Waals surface area contributed by atoms with Crippen molar-refractivity contribution in [3.8, 4) is 0 Å². The third kappa shape index (κ3) is 5.35. The summed E-state index contributed by atoms with van der Waals surface area (Å²) in [5, 5.41) is 15.4. The number of carbonyl (C=O) groups excluding carboxylic acids is 1. The maximum absolute atomic E-state index is 12.4. The highest BCUT2D eigenvalue weighted by Crippen LogP contribution is 2.54. The number of carboxylic acids is 1. The second kappa shape index (κ2) is 10.9. The zero-order valence-corrected chi connectivity index (χ0v) is 19.2. The van der Waals surface area contributed by atoms with Crippen LogP contribution in [0, 0.1) is 5.92 Å².